The van der Waals surface area contributed by atoms with Gasteiger partial charge in [0.1, 0.15) is 0 Å². The highest BCUT2D eigenvalue weighted by atomic mass is 15.1. The quantitative estimate of drug-likeness (QED) is 0.113. The van der Waals surface area contributed by atoms with Gasteiger partial charge in [0, 0.05) is 34.1 Å². The lowest BCUT2D eigenvalue weighted by atomic mass is 9.84. The Morgan fingerprint density at radius 3 is 0.694 bits per heavy atom. The Labute approximate surface area is 626 Å². The zero-order chi connectivity index (χ0) is 71.2. The molecule has 0 aliphatic carbocycles. The van der Waals surface area contributed by atoms with Crippen molar-refractivity contribution in [3.63, 3.8) is 0 Å². The van der Waals surface area contributed by atoms with E-state index >= 15 is 0 Å². The Morgan fingerprint density at radius 2 is 0.315 bits per heavy atom. The van der Waals surface area contributed by atoms with Crippen LogP contribution in [-0.2, 0) is 0 Å². The number of hydrogen-bond acceptors (Lipinski definition) is 2. The molecule has 0 fully saturated rings. The zero-order valence-electron chi connectivity index (χ0n) is 59.2. The fourth-order valence-corrected chi connectivity index (χ4v) is 17.7. The van der Waals surface area contributed by atoms with E-state index in [1.165, 1.54) is 141 Å². The molecule has 0 bridgehead atoms. The Kier molecular flexibility index (Phi) is 15.0. The minimum absolute atomic E-state index is 1.06. The normalized spacial score (nSPS) is 11.7. The molecule has 2 heteroatoms. The molecule has 0 N–H and O–H groups in total. The Morgan fingerprint density at radius 1 is 0.102 bits per heavy atom. The van der Waals surface area contributed by atoms with Crippen molar-refractivity contribution >= 4 is 142 Å². The van der Waals surface area contributed by atoms with Crippen molar-refractivity contribution in [2.75, 3.05) is 9.80 Å². The average Bonchev–Trinajstić information content (AvgIpc) is 0.738. The van der Waals surface area contributed by atoms with Gasteiger partial charge in [0.05, 0.1) is 0 Å². The SMILES string of the molecule is c1ccc(-c2c(-c3ccc(N(c4ccc(-c5cccc(-c6c(-c7ccc(N(c8ccccc8)c8ccc9c%10ccccc%10c%10ccccc%10c9c8)cc7)c7ccccc7c7ccccc67)c5)cc4)c4ccc(-c5ccc6c7ccccc7c7ccccc7c6c5)cc4)cc3)c3ccccc3c3ccccc23)cc1. The van der Waals surface area contributed by atoms with Crippen LogP contribution >= 0.6 is 0 Å². The Balaban J connectivity index is 0.673. The highest BCUT2D eigenvalue weighted by Gasteiger charge is 2.24. The van der Waals surface area contributed by atoms with Gasteiger partial charge in [0.2, 0.25) is 0 Å². The minimum atomic E-state index is 1.06. The van der Waals surface area contributed by atoms with Crippen LogP contribution in [-0.4, -0.2) is 0 Å². The van der Waals surface area contributed by atoms with E-state index in [-0.39, 0.29) is 0 Å². The first kappa shape index (κ1) is 62.4. The lowest BCUT2D eigenvalue weighted by Crippen LogP contribution is -2.09. The van der Waals surface area contributed by atoms with Crippen LogP contribution in [0.5, 0.6) is 0 Å². The molecule has 0 unspecified atom stereocenters. The van der Waals surface area contributed by atoms with Crippen LogP contribution in [0.3, 0.4) is 0 Å². The maximum atomic E-state index is 2.41. The van der Waals surface area contributed by atoms with E-state index in [2.05, 4.69) is 422 Å². The molecule has 0 aliphatic heterocycles. The molecule has 21 rings (SSSR count). The molecule has 0 aromatic heterocycles. The van der Waals surface area contributed by atoms with Gasteiger partial charge in [-0.05, 0) is 259 Å². The molecule has 0 radical (unpaired) electrons. The van der Waals surface area contributed by atoms with E-state index in [0.29, 0.717) is 0 Å². The summed E-state index contributed by atoms with van der Waals surface area (Å²) in [6.45, 7) is 0. The maximum Gasteiger partial charge on any atom is 0.0468 e. The second-order valence-corrected chi connectivity index (χ2v) is 28.5. The van der Waals surface area contributed by atoms with Crippen molar-refractivity contribution in [3.05, 3.63) is 413 Å². The van der Waals surface area contributed by atoms with Gasteiger partial charge in [0.25, 0.3) is 0 Å². The summed E-state index contributed by atoms with van der Waals surface area (Å²) in [7, 11) is 0. The molecule has 502 valence electrons. The first-order valence-electron chi connectivity index (χ1n) is 37.4. The van der Waals surface area contributed by atoms with Crippen LogP contribution in [0, 0.1) is 0 Å². The third-order valence-corrected chi connectivity index (χ3v) is 22.6. The van der Waals surface area contributed by atoms with E-state index in [1.54, 1.807) is 0 Å². The number of fused-ring (bicyclic) bond motifs is 18. The number of para-hydroxylation sites is 1. The van der Waals surface area contributed by atoms with Crippen molar-refractivity contribution in [1.82, 2.24) is 0 Å². The highest BCUT2D eigenvalue weighted by molar-refractivity contribution is 6.28. The molecule has 0 aliphatic rings. The third-order valence-electron chi connectivity index (χ3n) is 22.6. The van der Waals surface area contributed by atoms with Crippen LogP contribution in [0.25, 0.3) is 174 Å². The van der Waals surface area contributed by atoms with Crippen molar-refractivity contribution < 1.29 is 0 Å². The summed E-state index contributed by atoms with van der Waals surface area (Å²) in [5.41, 5.74) is 20.6. The van der Waals surface area contributed by atoms with Gasteiger partial charge >= 0.3 is 0 Å². The second-order valence-electron chi connectivity index (χ2n) is 28.5. The topological polar surface area (TPSA) is 6.48 Å². The first-order chi connectivity index (χ1) is 53.6. The zero-order valence-corrected chi connectivity index (χ0v) is 59.2. The van der Waals surface area contributed by atoms with Gasteiger partial charge in [0.15, 0.2) is 0 Å². The molecule has 0 spiro atoms. The van der Waals surface area contributed by atoms with E-state index in [0.717, 1.165) is 67.5 Å². The summed E-state index contributed by atoms with van der Waals surface area (Å²) in [6, 6.07) is 153. The van der Waals surface area contributed by atoms with Gasteiger partial charge in [-0.25, -0.2) is 0 Å². The van der Waals surface area contributed by atoms with Crippen LogP contribution in [0.15, 0.2) is 413 Å². The van der Waals surface area contributed by atoms with Gasteiger partial charge in [-0.1, -0.05) is 328 Å². The molecule has 0 amide bonds. The standard InChI is InChI=1S/C106H68N2/c1-3-24-71(25-4-1)103-97-42-19-15-36-89(97)90-37-16-20-43-98(90)104(103)72-50-59-80(60-51-72)107(79-57-48-70(49-58-79)75-54-64-95-87-34-9-7-30-83(87)85-32-11-13-40-93(85)101(95)67-75)78-55-46-69(47-56-78)74-26-23-27-76(66-74)106-100-45-22-18-39-92(100)91-38-17-21-44-99(91)105(106)73-52-61-81(62-53-73)108(77-28-5-2-6-29-77)82-63-65-96-88-35-10-8-31-84(88)86-33-12-14-41-94(86)102(96)68-82/h1-68H. The predicted octanol–water partition coefficient (Wildman–Crippen LogP) is 30.2. The van der Waals surface area contributed by atoms with Gasteiger partial charge < -0.3 is 9.80 Å². The molecule has 2 nitrogen and oxygen atoms in total. The highest BCUT2D eigenvalue weighted by Crippen LogP contribution is 2.50. The molecule has 0 saturated carbocycles. The van der Waals surface area contributed by atoms with Crippen LogP contribution < -0.4 is 9.80 Å². The van der Waals surface area contributed by atoms with E-state index < -0.39 is 0 Å². The summed E-state index contributed by atoms with van der Waals surface area (Å²) in [4.78, 5) is 4.81. The largest absolute Gasteiger partial charge is 0.311 e. The molecule has 108 heavy (non-hydrogen) atoms. The fourth-order valence-electron chi connectivity index (χ4n) is 17.7. The molecular weight excluding hydrogens is 1300 g/mol. The predicted molar refractivity (Wildman–Crippen MR) is 463 cm³/mol. The van der Waals surface area contributed by atoms with Crippen LogP contribution in [0.2, 0.25) is 0 Å². The fraction of sp³-hybridized carbons (Fsp3) is 0. The molecular formula is C106H68N2. The monoisotopic (exact) mass is 1370 g/mol. The molecule has 0 atom stereocenters. The number of rotatable bonds is 12. The van der Waals surface area contributed by atoms with Crippen molar-refractivity contribution in [2.45, 2.75) is 0 Å². The van der Waals surface area contributed by atoms with Crippen LogP contribution in [0.1, 0.15) is 0 Å². The minimum Gasteiger partial charge on any atom is -0.311 e. The number of hydrogen-bond donors (Lipinski definition) is 0. The number of anilines is 6. The summed E-state index contributed by atoms with van der Waals surface area (Å²) in [5, 5.41) is 25.0. The first-order valence-corrected chi connectivity index (χ1v) is 37.4. The van der Waals surface area contributed by atoms with Crippen molar-refractivity contribution in [3.8, 4) is 66.8 Å². The lowest BCUT2D eigenvalue weighted by Gasteiger charge is -2.27. The smallest absolute Gasteiger partial charge is 0.0468 e. The average molecular weight is 1370 g/mol. The molecule has 0 heterocycles. The summed E-state index contributed by atoms with van der Waals surface area (Å²) < 4.78 is 0. The van der Waals surface area contributed by atoms with Crippen LogP contribution in [0.4, 0.5) is 34.1 Å². The molecule has 21 aromatic rings. The number of benzene rings is 21. The molecule has 21 aromatic carbocycles. The van der Waals surface area contributed by atoms with E-state index in [9.17, 15) is 0 Å². The molecule has 0 saturated heterocycles. The third kappa shape index (κ3) is 10.4. The second kappa shape index (κ2) is 25.9. The lowest BCUT2D eigenvalue weighted by molar-refractivity contribution is 1.28. The summed E-state index contributed by atoms with van der Waals surface area (Å²) in [6.07, 6.45) is 0. The van der Waals surface area contributed by atoms with Gasteiger partial charge in [-0.2, -0.15) is 0 Å². The van der Waals surface area contributed by atoms with Crippen molar-refractivity contribution in [2.24, 2.45) is 0 Å². The summed E-state index contributed by atoms with van der Waals surface area (Å²) >= 11 is 0. The Hall–Kier alpha value is -14.2. The maximum absolute atomic E-state index is 2.41. The summed E-state index contributed by atoms with van der Waals surface area (Å²) in [5.74, 6) is 0. The number of nitrogens with zero attached hydrogens (tertiary/aromatic N) is 2. The van der Waals surface area contributed by atoms with E-state index in [1.807, 2.05) is 0 Å². The van der Waals surface area contributed by atoms with Crippen molar-refractivity contribution in [1.29, 1.82) is 0 Å². The van der Waals surface area contributed by atoms with E-state index in [4.69, 9.17) is 0 Å². The Bertz CT molecular complexity index is 7060. The van der Waals surface area contributed by atoms with Gasteiger partial charge in [-0.3, -0.25) is 0 Å². The van der Waals surface area contributed by atoms with Gasteiger partial charge in [-0.15, -0.1) is 0 Å².